The van der Waals surface area contributed by atoms with Crippen LogP contribution >= 0.6 is 0 Å². The zero-order valence-corrected chi connectivity index (χ0v) is 11.7. The molecule has 0 aromatic rings. The minimum atomic E-state index is -1.23. The topological polar surface area (TPSA) is 118 Å². The second kappa shape index (κ2) is 6.34. The molecule has 0 spiro atoms. The molecule has 6 nitrogen and oxygen atoms in total. The minimum absolute atomic E-state index is 0.0495. The number of nitrogens with one attached hydrogen (secondary N) is 1. The Bertz CT molecular complexity index is 346. The van der Waals surface area contributed by atoms with Crippen molar-refractivity contribution < 1.29 is 14.7 Å². The summed E-state index contributed by atoms with van der Waals surface area (Å²) in [4.78, 5) is 23.1. The Morgan fingerprint density at radius 3 is 2.58 bits per heavy atom. The van der Waals surface area contributed by atoms with Crippen molar-refractivity contribution >= 4 is 11.9 Å². The van der Waals surface area contributed by atoms with Gasteiger partial charge < -0.3 is 21.9 Å². The highest BCUT2D eigenvalue weighted by Gasteiger charge is 2.43. The fourth-order valence-corrected chi connectivity index (χ4v) is 2.48. The monoisotopic (exact) mass is 271 g/mol. The van der Waals surface area contributed by atoms with Gasteiger partial charge in [0.05, 0.1) is 6.04 Å². The SMILES string of the molecule is CC(C)[C@H](N)C(=O)NC[C@@H]1CCCC[C@]1(N)C(=O)O. The number of carboxylic acids is 1. The molecule has 0 radical (unpaired) electrons. The molecule has 19 heavy (non-hydrogen) atoms. The quantitative estimate of drug-likeness (QED) is 0.564. The average molecular weight is 271 g/mol. The van der Waals surface area contributed by atoms with Crippen LogP contribution in [0.2, 0.25) is 0 Å². The number of rotatable bonds is 5. The van der Waals surface area contributed by atoms with E-state index >= 15 is 0 Å². The van der Waals surface area contributed by atoms with Crippen molar-refractivity contribution in [2.45, 2.75) is 51.1 Å². The van der Waals surface area contributed by atoms with Gasteiger partial charge in [-0.3, -0.25) is 9.59 Å². The summed E-state index contributed by atoms with van der Waals surface area (Å²) in [7, 11) is 0. The lowest BCUT2D eigenvalue weighted by Crippen LogP contribution is -2.59. The number of hydrogen-bond donors (Lipinski definition) is 4. The minimum Gasteiger partial charge on any atom is -0.480 e. The molecule has 6 N–H and O–H groups in total. The van der Waals surface area contributed by atoms with Crippen LogP contribution in [0.5, 0.6) is 0 Å². The molecule has 1 aliphatic carbocycles. The summed E-state index contributed by atoms with van der Waals surface area (Å²) >= 11 is 0. The van der Waals surface area contributed by atoms with Gasteiger partial charge in [0, 0.05) is 12.5 Å². The number of hydrogen-bond acceptors (Lipinski definition) is 4. The largest absolute Gasteiger partial charge is 0.480 e. The molecule has 0 bridgehead atoms. The highest BCUT2D eigenvalue weighted by atomic mass is 16.4. The fraction of sp³-hybridized carbons (Fsp3) is 0.846. The summed E-state index contributed by atoms with van der Waals surface area (Å²) in [5.41, 5.74) is 10.5. The van der Waals surface area contributed by atoms with Gasteiger partial charge in [0.25, 0.3) is 0 Å². The van der Waals surface area contributed by atoms with E-state index in [2.05, 4.69) is 5.32 Å². The van der Waals surface area contributed by atoms with Gasteiger partial charge in [0.15, 0.2) is 0 Å². The van der Waals surface area contributed by atoms with E-state index in [9.17, 15) is 14.7 Å². The zero-order valence-electron chi connectivity index (χ0n) is 11.7. The lowest BCUT2D eigenvalue weighted by Gasteiger charge is -2.37. The van der Waals surface area contributed by atoms with Gasteiger partial charge in [-0.2, -0.15) is 0 Å². The van der Waals surface area contributed by atoms with Crippen molar-refractivity contribution in [2.24, 2.45) is 23.3 Å². The van der Waals surface area contributed by atoms with Crippen molar-refractivity contribution in [3.05, 3.63) is 0 Å². The highest BCUT2D eigenvalue weighted by molar-refractivity contribution is 5.82. The van der Waals surface area contributed by atoms with Crippen LogP contribution in [0.4, 0.5) is 0 Å². The van der Waals surface area contributed by atoms with Crippen LogP contribution in [0.1, 0.15) is 39.5 Å². The van der Waals surface area contributed by atoms with E-state index in [1.807, 2.05) is 13.8 Å². The van der Waals surface area contributed by atoms with Crippen LogP contribution in [-0.2, 0) is 9.59 Å². The van der Waals surface area contributed by atoms with Gasteiger partial charge in [-0.1, -0.05) is 26.7 Å². The molecule has 1 amide bonds. The third kappa shape index (κ3) is 3.67. The van der Waals surface area contributed by atoms with Crippen LogP contribution in [0.15, 0.2) is 0 Å². The van der Waals surface area contributed by atoms with E-state index in [0.717, 1.165) is 19.3 Å². The Hall–Kier alpha value is -1.14. The molecule has 1 fully saturated rings. The van der Waals surface area contributed by atoms with Gasteiger partial charge in [0.2, 0.25) is 5.91 Å². The van der Waals surface area contributed by atoms with Crippen LogP contribution in [-0.4, -0.2) is 35.1 Å². The van der Waals surface area contributed by atoms with Gasteiger partial charge in [-0.05, 0) is 18.8 Å². The molecule has 3 atom stereocenters. The Balaban J connectivity index is 2.60. The van der Waals surface area contributed by atoms with E-state index in [1.54, 1.807) is 0 Å². The predicted molar refractivity (Wildman–Crippen MR) is 72.3 cm³/mol. The molecule has 0 saturated heterocycles. The first-order chi connectivity index (χ1) is 8.79. The van der Waals surface area contributed by atoms with Crippen LogP contribution < -0.4 is 16.8 Å². The van der Waals surface area contributed by atoms with Gasteiger partial charge in [-0.15, -0.1) is 0 Å². The summed E-state index contributed by atoms with van der Waals surface area (Å²) < 4.78 is 0. The molecular formula is C13H25N3O3. The first-order valence-corrected chi connectivity index (χ1v) is 6.84. The van der Waals surface area contributed by atoms with Gasteiger partial charge >= 0.3 is 5.97 Å². The molecule has 1 aliphatic rings. The Morgan fingerprint density at radius 2 is 2.05 bits per heavy atom. The van der Waals surface area contributed by atoms with Crippen molar-refractivity contribution in [3.8, 4) is 0 Å². The number of carboxylic acid groups (broad SMARTS) is 1. The lowest BCUT2D eigenvalue weighted by atomic mass is 9.73. The van der Waals surface area contributed by atoms with Crippen molar-refractivity contribution in [1.82, 2.24) is 5.32 Å². The predicted octanol–water partition coefficient (Wildman–Crippen LogP) is 0.0582. The molecule has 1 saturated carbocycles. The Labute approximate surface area is 113 Å². The standard InChI is InChI=1S/C13H25N3O3/c1-8(2)10(14)11(17)16-7-9-5-3-4-6-13(9,15)12(18)19/h8-10H,3-7,14-15H2,1-2H3,(H,16,17)(H,18,19)/t9-,10-,13+/m0/s1. The number of carbonyl (C=O) groups is 2. The smallest absolute Gasteiger partial charge is 0.324 e. The Morgan fingerprint density at radius 1 is 1.42 bits per heavy atom. The maximum Gasteiger partial charge on any atom is 0.324 e. The van der Waals surface area contributed by atoms with Crippen LogP contribution in [0.3, 0.4) is 0 Å². The fourth-order valence-electron chi connectivity index (χ4n) is 2.48. The molecule has 0 aromatic heterocycles. The Kier molecular flexibility index (Phi) is 5.31. The summed E-state index contributed by atoms with van der Waals surface area (Å²) in [6, 6.07) is -0.569. The van der Waals surface area contributed by atoms with Crippen molar-refractivity contribution in [3.63, 3.8) is 0 Å². The second-order valence-corrected chi connectivity index (χ2v) is 5.80. The molecule has 0 aliphatic heterocycles. The van der Waals surface area contributed by atoms with Crippen LogP contribution in [0, 0.1) is 11.8 Å². The zero-order chi connectivity index (χ0) is 14.6. The average Bonchev–Trinajstić information content (AvgIpc) is 2.36. The molecule has 0 heterocycles. The van der Waals surface area contributed by atoms with Crippen LogP contribution in [0.25, 0.3) is 0 Å². The van der Waals surface area contributed by atoms with Gasteiger partial charge in [0.1, 0.15) is 5.54 Å². The molecular weight excluding hydrogens is 246 g/mol. The second-order valence-electron chi connectivity index (χ2n) is 5.80. The summed E-state index contributed by atoms with van der Waals surface area (Å²) in [6.45, 7) is 4.02. The highest BCUT2D eigenvalue weighted by Crippen LogP contribution is 2.31. The third-order valence-corrected chi connectivity index (χ3v) is 4.06. The maximum atomic E-state index is 11.8. The maximum absolute atomic E-state index is 11.8. The number of carbonyl (C=O) groups excluding carboxylic acids is 1. The van der Waals surface area contributed by atoms with E-state index in [-0.39, 0.29) is 24.3 Å². The van der Waals surface area contributed by atoms with E-state index in [4.69, 9.17) is 11.5 Å². The first-order valence-electron chi connectivity index (χ1n) is 6.84. The number of nitrogens with two attached hydrogens (primary N) is 2. The van der Waals surface area contributed by atoms with E-state index < -0.39 is 17.6 Å². The summed E-state index contributed by atoms with van der Waals surface area (Å²) in [5.74, 6) is -1.41. The molecule has 6 heteroatoms. The van der Waals surface area contributed by atoms with Crippen molar-refractivity contribution in [2.75, 3.05) is 6.54 Å². The molecule has 0 aromatic carbocycles. The number of aliphatic carboxylic acids is 1. The lowest BCUT2D eigenvalue weighted by molar-refractivity contribution is -0.147. The normalized spacial score (nSPS) is 29.0. The summed E-state index contributed by atoms with van der Waals surface area (Å²) in [5, 5.41) is 12.0. The van der Waals surface area contributed by atoms with Crippen molar-refractivity contribution in [1.29, 1.82) is 0 Å². The molecule has 110 valence electrons. The van der Waals surface area contributed by atoms with Gasteiger partial charge in [-0.25, -0.2) is 0 Å². The summed E-state index contributed by atoms with van der Waals surface area (Å²) in [6.07, 6.45) is 2.95. The van der Waals surface area contributed by atoms with E-state index in [0.29, 0.717) is 6.42 Å². The molecule has 0 unspecified atom stereocenters. The third-order valence-electron chi connectivity index (χ3n) is 4.06. The molecule has 1 rings (SSSR count). The first kappa shape index (κ1) is 15.9. The number of amides is 1. The van der Waals surface area contributed by atoms with E-state index in [1.165, 1.54) is 0 Å².